The largest absolute Gasteiger partial charge is 0.397 e. The van der Waals surface area contributed by atoms with Gasteiger partial charge in [0.25, 0.3) is 0 Å². The Labute approximate surface area is 154 Å². The van der Waals surface area contributed by atoms with E-state index in [-0.39, 0.29) is 5.92 Å². The zero-order valence-electron chi connectivity index (χ0n) is 14.8. The highest BCUT2D eigenvalue weighted by Crippen LogP contribution is 2.40. The third-order valence-electron chi connectivity index (χ3n) is 5.15. The van der Waals surface area contributed by atoms with Crippen molar-refractivity contribution in [1.82, 2.24) is 29.2 Å². The lowest BCUT2D eigenvalue weighted by molar-refractivity contribution is -0.162. The van der Waals surface area contributed by atoms with E-state index in [2.05, 4.69) is 19.7 Å². The number of alkyl halides is 3. The molecule has 1 aliphatic carbocycles. The van der Waals surface area contributed by atoms with Crippen molar-refractivity contribution >= 4 is 5.91 Å². The molecule has 10 heteroatoms. The summed E-state index contributed by atoms with van der Waals surface area (Å²) in [6, 6.07) is 0.401. The molecule has 0 atom stereocenters. The fraction of sp³-hybridized carbons (Fsp3) is 0.647. The third kappa shape index (κ3) is 4.14. The van der Waals surface area contributed by atoms with Crippen LogP contribution in [0, 0.1) is 0 Å². The minimum Gasteiger partial charge on any atom is -0.342 e. The molecule has 1 aliphatic heterocycles. The van der Waals surface area contributed by atoms with Gasteiger partial charge in [-0.05, 0) is 25.7 Å². The van der Waals surface area contributed by atoms with Crippen molar-refractivity contribution in [3.05, 3.63) is 30.4 Å². The van der Waals surface area contributed by atoms with E-state index in [1.165, 1.54) is 4.90 Å². The predicted octanol–water partition coefficient (Wildman–Crippen LogP) is 2.52. The van der Waals surface area contributed by atoms with E-state index < -0.39 is 18.5 Å². The van der Waals surface area contributed by atoms with Crippen molar-refractivity contribution < 1.29 is 18.0 Å². The minimum absolute atomic E-state index is 0.115. The van der Waals surface area contributed by atoms with E-state index in [9.17, 15) is 18.0 Å². The second kappa shape index (κ2) is 6.97. The second-order valence-corrected chi connectivity index (χ2v) is 7.26. The van der Waals surface area contributed by atoms with Gasteiger partial charge in [-0.1, -0.05) is 0 Å². The lowest BCUT2D eigenvalue weighted by Crippen LogP contribution is -2.40. The molecule has 0 N–H and O–H groups in total. The molecule has 1 saturated heterocycles. The predicted molar refractivity (Wildman–Crippen MR) is 88.8 cm³/mol. The van der Waals surface area contributed by atoms with Crippen LogP contribution in [0.25, 0.3) is 0 Å². The second-order valence-electron chi connectivity index (χ2n) is 7.26. The van der Waals surface area contributed by atoms with Crippen LogP contribution in [0.5, 0.6) is 0 Å². The molecule has 0 unspecified atom stereocenters. The molecule has 3 heterocycles. The molecular formula is C17H21F3N6O. The average molecular weight is 382 g/mol. The highest BCUT2D eigenvalue weighted by Gasteiger charge is 2.37. The lowest BCUT2D eigenvalue weighted by atomic mass is 9.95. The minimum atomic E-state index is -4.46. The number of carbonyl (C=O) groups is 1. The average Bonchev–Trinajstić information content (AvgIpc) is 3.15. The quantitative estimate of drug-likeness (QED) is 0.797. The molecule has 4 rings (SSSR count). The van der Waals surface area contributed by atoms with Crippen molar-refractivity contribution in [2.45, 2.75) is 56.8 Å². The molecule has 7 nitrogen and oxygen atoms in total. The van der Waals surface area contributed by atoms with Crippen LogP contribution >= 0.6 is 0 Å². The molecule has 2 aromatic rings. The highest BCUT2D eigenvalue weighted by molar-refractivity contribution is 5.76. The molecular weight excluding hydrogens is 361 g/mol. The van der Waals surface area contributed by atoms with Gasteiger partial charge in [0.15, 0.2) is 5.82 Å². The molecule has 27 heavy (non-hydrogen) atoms. The summed E-state index contributed by atoms with van der Waals surface area (Å²) in [6.45, 7) is 1.24. The van der Waals surface area contributed by atoms with E-state index in [0.29, 0.717) is 38.5 Å². The number of piperidine rings is 1. The Morgan fingerprint density at radius 3 is 2.48 bits per heavy atom. The molecule has 2 fully saturated rings. The van der Waals surface area contributed by atoms with Gasteiger partial charge >= 0.3 is 6.18 Å². The van der Waals surface area contributed by atoms with Crippen molar-refractivity contribution in [2.75, 3.05) is 13.1 Å². The van der Waals surface area contributed by atoms with Crippen LogP contribution < -0.4 is 0 Å². The maximum Gasteiger partial charge on any atom is 0.397 e. The number of hydrogen-bond donors (Lipinski definition) is 0. The first-order valence-electron chi connectivity index (χ1n) is 9.14. The van der Waals surface area contributed by atoms with Gasteiger partial charge in [0.1, 0.15) is 12.2 Å². The van der Waals surface area contributed by atoms with E-state index >= 15 is 0 Å². The SMILES string of the molecule is O=C(CC(F)(F)F)N1CCC(c2nnc(Cn3ccnc3)n2C2CC2)CC1. The maximum atomic E-state index is 12.4. The highest BCUT2D eigenvalue weighted by atomic mass is 19.4. The number of nitrogens with zero attached hydrogens (tertiary/aromatic N) is 6. The number of amides is 1. The normalized spacial score (nSPS) is 18.9. The molecule has 1 amide bonds. The molecule has 0 bridgehead atoms. The van der Waals surface area contributed by atoms with Gasteiger partial charge in [0.05, 0.1) is 12.9 Å². The fourth-order valence-corrected chi connectivity index (χ4v) is 3.67. The Hall–Kier alpha value is -2.39. The Kier molecular flexibility index (Phi) is 4.65. The first-order chi connectivity index (χ1) is 12.9. The van der Waals surface area contributed by atoms with E-state index in [4.69, 9.17) is 0 Å². The maximum absolute atomic E-state index is 12.4. The molecule has 0 radical (unpaired) electrons. The molecule has 0 aromatic carbocycles. The van der Waals surface area contributed by atoms with E-state index in [0.717, 1.165) is 24.5 Å². The third-order valence-corrected chi connectivity index (χ3v) is 5.15. The van der Waals surface area contributed by atoms with Crippen LogP contribution in [-0.2, 0) is 11.3 Å². The van der Waals surface area contributed by atoms with Crippen molar-refractivity contribution in [2.24, 2.45) is 0 Å². The van der Waals surface area contributed by atoms with Gasteiger partial charge in [-0.2, -0.15) is 13.2 Å². The number of carbonyl (C=O) groups excluding carboxylic acids is 1. The topological polar surface area (TPSA) is 68.8 Å². The Morgan fingerprint density at radius 1 is 1.15 bits per heavy atom. The van der Waals surface area contributed by atoms with Gasteiger partial charge in [0, 0.05) is 37.4 Å². The summed E-state index contributed by atoms with van der Waals surface area (Å²) in [7, 11) is 0. The number of hydrogen-bond acceptors (Lipinski definition) is 4. The summed E-state index contributed by atoms with van der Waals surface area (Å²) < 4.78 is 41.4. The van der Waals surface area contributed by atoms with Gasteiger partial charge in [0.2, 0.25) is 5.91 Å². The van der Waals surface area contributed by atoms with Crippen LogP contribution in [0.3, 0.4) is 0 Å². The van der Waals surface area contributed by atoms with E-state index in [1.807, 2.05) is 10.8 Å². The van der Waals surface area contributed by atoms with Gasteiger partial charge in [-0.3, -0.25) is 4.79 Å². The lowest BCUT2D eigenvalue weighted by Gasteiger charge is -2.32. The Balaban J connectivity index is 1.44. The number of likely N-dealkylation sites (tertiary alicyclic amines) is 1. The Morgan fingerprint density at radius 2 is 1.89 bits per heavy atom. The number of rotatable bonds is 5. The monoisotopic (exact) mass is 382 g/mol. The van der Waals surface area contributed by atoms with E-state index in [1.54, 1.807) is 12.5 Å². The summed E-state index contributed by atoms with van der Waals surface area (Å²) >= 11 is 0. The summed E-state index contributed by atoms with van der Waals surface area (Å²) in [5, 5.41) is 8.77. The van der Waals surface area contributed by atoms with Gasteiger partial charge in [-0.25, -0.2) is 4.98 Å². The zero-order chi connectivity index (χ0) is 19.0. The molecule has 1 saturated carbocycles. The van der Waals surface area contributed by atoms with Crippen molar-refractivity contribution in [3.8, 4) is 0 Å². The first kappa shape index (κ1) is 18.0. The summed E-state index contributed by atoms with van der Waals surface area (Å²) in [4.78, 5) is 17.1. The number of imidazole rings is 1. The number of halogens is 3. The molecule has 146 valence electrons. The first-order valence-corrected chi connectivity index (χ1v) is 9.14. The van der Waals surface area contributed by atoms with Crippen LogP contribution in [0.1, 0.15) is 55.7 Å². The van der Waals surface area contributed by atoms with Crippen LogP contribution in [0.15, 0.2) is 18.7 Å². The summed E-state index contributed by atoms with van der Waals surface area (Å²) in [5.41, 5.74) is 0. The number of aromatic nitrogens is 5. The van der Waals surface area contributed by atoms with Crippen molar-refractivity contribution in [1.29, 1.82) is 0 Å². The van der Waals surface area contributed by atoms with Gasteiger partial charge < -0.3 is 14.0 Å². The zero-order valence-corrected chi connectivity index (χ0v) is 14.8. The standard InChI is InChI=1S/C17H21F3N6O/c18-17(19,20)9-15(27)25-6-3-12(4-7-25)16-23-22-14(26(16)13-1-2-13)10-24-8-5-21-11-24/h5,8,11-13H,1-4,6-7,9-10H2. The van der Waals surface area contributed by atoms with Crippen LogP contribution in [0.4, 0.5) is 13.2 Å². The molecule has 0 spiro atoms. The smallest absolute Gasteiger partial charge is 0.342 e. The molecule has 2 aliphatic rings. The summed E-state index contributed by atoms with van der Waals surface area (Å²) in [6.07, 6.45) is 2.88. The Bertz CT molecular complexity index is 788. The van der Waals surface area contributed by atoms with Crippen LogP contribution in [-0.4, -0.2) is 54.4 Å². The molecule has 2 aromatic heterocycles. The van der Waals surface area contributed by atoms with Gasteiger partial charge in [-0.15, -0.1) is 10.2 Å². The van der Waals surface area contributed by atoms with Crippen molar-refractivity contribution in [3.63, 3.8) is 0 Å². The van der Waals surface area contributed by atoms with Crippen LogP contribution in [0.2, 0.25) is 0 Å². The fourth-order valence-electron chi connectivity index (χ4n) is 3.67. The summed E-state index contributed by atoms with van der Waals surface area (Å²) in [5.74, 6) is 1.05.